The number of benzene rings is 1. The van der Waals surface area contributed by atoms with Crippen molar-refractivity contribution in [2.24, 2.45) is 0 Å². The number of halogens is 2. The molecule has 0 radical (unpaired) electrons. The van der Waals surface area contributed by atoms with E-state index in [1.54, 1.807) is 0 Å². The number of rotatable bonds is 2. The Bertz CT molecular complexity index is 361. The average Bonchev–Trinajstić information content (AvgIpc) is 2.03. The van der Waals surface area contributed by atoms with Crippen LogP contribution in [0.25, 0.3) is 4.85 Å². The van der Waals surface area contributed by atoms with Crippen LogP contribution >= 0.6 is 0 Å². The lowest BCUT2D eigenvalue weighted by molar-refractivity contribution is 0.101. The van der Waals surface area contributed by atoms with E-state index in [1.165, 1.54) is 0 Å². The van der Waals surface area contributed by atoms with Gasteiger partial charge in [0.05, 0.1) is 0 Å². The summed E-state index contributed by atoms with van der Waals surface area (Å²) < 4.78 is 25.1. The van der Waals surface area contributed by atoms with Gasteiger partial charge in [0.15, 0.2) is 0 Å². The van der Waals surface area contributed by atoms with Crippen molar-refractivity contribution in [1.29, 1.82) is 0 Å². The number of hydrogen-bond acceptors (Lipinski definition) is 1. The fraction of sp³-hybridized carbons (Fsp3) is 0.111. The van der Waals surface area contributed by atoms with E-state index in [9.17, 15) is 13.6 Å². The Balaban J connectivity index is 3.02. The number of ketones is 1. The third kappa shape index (κ3) is 2.34. The summed E-state index contributed by atoms with van der Waals surface area (Å²) in [5, 5.41) is 0. The molecule has 0 saturated carbocycles. The van der Waals surface area contributed by atoms with Gasteiger partial charge in [-0.3, -0.25) is 4.79 Å². The number of hydrogen-bond donors (Lipinski definition) is 0. The molecule has 0 unspecified atom stereocenters. The van der Waals surface area contributed by atoms with Gasteiger partial charge in [-0.05, 0) is 12.1 Å². The van der Waals surface area contributed by atoms with E-state index >= 15 is 0 Å². The predicted molar refractivity (Wildman–Crippen MR) is 42.2 cm³/mol. The number of carbonyl (C=O) groups excluding carboxylic acids is 1. The smallest absolute Gasteiger partial charge is 0.276 e. The molecule has 1 rings (SSSR count). The van der Waals surface area contributed by atoms with Crippen molar-refractivity contribution in [1.82, 2.24) is 0 Å². The van der Waals surface area contributed by atoms with E-state index < -0.39 is 17.4 Å². The zero-order chi connectivity index (χ0) is 9.84. The maximum atomic E-state index is 12.6. The molecular weight excluding hydrogens is 176 g/mol. The molecule has 0 aromatic heterocycles. The molecule has 0 aliphatic rings. The molecule has 0 aliphatic heterocycles. The summed E-state index contributed by atoms with van der Waals surface area (Å²) in [5.41, 5.74) is -0.103. The Morgan fingerprint density at radius 3 is 2.31 bits per heavy atom. The molecule has 2 nitrogen and oxygen atoms in total. The van der Waals surface area contributed by atoms with Gasteiger partial charge in [0.2, 0.25) is 5.78 Å². The SMILES string of the molecule is [C-]#[N+]CC(=O)c1cc(F)cc(F)c1. The van der Waals surface area contributed by atoms with Crippen molar-refractivity contribution in [3.8, 4) is 0 Å². The van der Waals surface area contributed by atoms with Gasteiger partial charge in [-0.1, -0.05) is 0 Å². The number of nitrogens with zero attached hydrogens (tertiary/aromatic N) is 1. The molecule has 4 heteroatoms. The molecule has 1 aromatic carbocycles. The Morgan fingerprint density at radius 2 is 1.85 bits per heavy atom. The Hall–Kier alpha value is -1.76. The van der Waals surface area contributed by atoms with Crippen LogP contribution in [0.5, 0.6) is 0 Å². The van der Waals surface area contributed by atoms with Gasteiger partial charge in [-0.15, -0.1) is 0 Å². The zero-order valence-electron chi connectivity index (χ0n) is 6.55. The van der Waals surface area contributed by atoms with Crippen LogP contribution in [-0.2, 0) is 0 Å². The lowest BCUT2D eigenvalue weighted by atomic mass is 10.1. The molecule has 1 aromatic rings. The number of carbonyl (C=O) groups is 1. The summed E-state index contributed by atoms with van der Waals surface area (Å²) >= 11 is 0. The first-order valence-corrected chi connectivity index (χ1v) is 3.46. The van der Waals surface area contributed by atoms with Crippen LogP contribution in [0.3, 0.4) is 0 Å². The van der Waals surface area contributed by atoms with Gasteiger partial charge in [0.1, 0.15) is 11.6 Å². The second-order valence-electron chi connectivity index (χ2n) is 2.40. The minimum Gasteiger partial charge on any atom is -0.308 e. The third-order valence-corrected chi connectivity index (χ3v) is 1.41. The van der Waals surface area contributed by atoms with Gasteiger partial charge in [-0.25, -0.2) is 15.4 Å². The highest BCUT2D eigenvalue weighted by molar-refractivity contribution is 5.98. The second kappa shape index (κ2) is 3.76. The molecular formula is C9H5F2NO. The minimum absolute atomic E-state index is 0.103. The second-order valence-corrected chi connectivity index (χ2v) is 2.40. The first-order valence-electron chi connectivity index (χ1n) is 3.46. The lowest BCUT2D eigenvalue weighted by Gasteiger charge is -1.95. The van der Waals surface area contributed by atoms with Crippen molar-refractivity contribution in [2.75, 3.05) is 6.54 Å². The van der Waals surface area contributed by atoms with Crippen LogP contribution in [0.15, 0.2) is 18.2 Å². The molecule has 0 heterocycles. The molecule has 0 fully saturated rings. The standard InChI is InChI=1S/C9H5F2NO/c1-12-5-9(13)6-2-7(10)4-8(11)3-6/h2-4H,5H2. The molecule has 0 saturated heterocycles. The summed E-state index contributed by atoms with van der Waals surface area (Å²) in [6.45, 7) is 6.02. The maximum absolute atomic E-state index is 12.6. The minimum atomic E-state index is -0.812. The molecule has 0 bridgehead atoms. The molecule has 13 heavy (non-hydrogen) atoms. The molecule has 0 atom stereocenters. The summed E-state index contributed by atoms with van der Waals surface area (Å²) in [5.74, 6) is -2.20. The molecule has 0 aliphatic carbocycles. The Morgan fingerprint density at radius 1 is 1.31 bits per heavy atom. The van der Waals surface area contributed by atoms with Crippen molar-refractivity contribution < 1.29 is 13.6 Å². The predicted octanol–water partition coefficient (Wildman–Crippen LogP) is 2.07. The van der Waals surface area contributed by atoms with Gasteiger partial charge >= 0.3 is 0 Å². The zero-order valence-corrected chi connectivity index (χ0v) is 6.55. The van der Waals surface area contributed by atoms with E-state index in [4.69, 9.17) is 6.57 Å². The summed E-state index contributed by atoms with van der Waals surface area (Å²) in [6.07, 6.45) is 0. The first-order chi connectivity index (χ1) is 6.13. The average molecular weight is 181 g/mol. The van der Waals surface area contributed by atoms with Gasteiger partial charge in [-0.2, -0.15) is 0 Å². The lowest BCUT2D eigenvalue weighted by Crippen LogP contribution is -2.02. The highest BCUT2D eigenvalue weighted by Crippen LogP contribution is 2.08. The quantitative estimate of drug-likeness (QED) is 0.505. The van der Waals surface area contributed by atoms with Crippen LogP contribution in [0, 0.1) is 18.2 Å². The van der Waals surface area contributed by atoms with E-state index in [-0.39, 0.29) is 12.1 Å². The molecule has 0 amide bonds. The normalized spacial score (nSPS) is 9.31. The topological polar surface area (TPSA) is 21.4 Å². The van der Waals surface area contributed by atoms with Crippen LogP contribution < -0.4 is 0 Å². The van der Waals surface area contributed by atoms with Crippen molar-refractivity contribution in [3.05, 3.63) is 46.8 Å². The van der Waals surface area contributed by atoms with Gasteiger partial charge in [0.25, 0.3) is 6.54 Å². The van der Waals surface area contributed by atoms with Gasteiger partial charge in [0, 0.05) is 11.6 Å². The first kappa shape index (κ1) is 9.33. The fourth-order valence-electron chi connectivity index (χ4n) is 0.878. The van der Waals surface area contributed by atoms with Gasteiger partial charge < -0.3 is 4.85 Å². The van der Waals surface area contributed by atoms with Crippen LogP contribution in [0.1, 0.15) is 10.4 Å². The Kier molecular flexibility index (Phi) is 2.70. The highest BCUT2D eigenvalue weighted by atomic mass is 19.1. The molecule has 66 valence electrons. The van der Waals surface area contributed by atoms with Crippen LogP contribution in [0.4, 0.5) is 8.78 Å². The van der Waals surface area contributed by atoms with Crippen molar-refractivity contribution in [3.63, 3.8) is 0 Å². The largest absolute Gasteiger partial charge is 0.308 e. The summed E-state index contributed by atoms with van der Waals surface area (Å²) in [6, 6.07) is 2.50. The highest BCUT2D eigenvalue weighted by Gasteiger charge is 2.10. The van der Waals surface area contributed by atoms with E-state index in [0.29, 0.717) is 6.07 Å². The summed E-state index contributed by atoms with van der Waals surface area (Å²) in [4.78, 5) is 13.8. The van der Waals surface area contributed by atoms with Crippen molar-refractivity contribution >= 4 is 5.78 Å². The molecule has 0 N–H and O–H groups in total. The maximum Gasteiger partial charge on any atom is 0.276 e. The van der Waals surface area contributed by atoms with E-state index in [0.717, 1.165) is 12.1 Å². The summed E-state index contributed by atoms with van der Waals surface area (Å²) in [7, 11) is 0. The van der Waals surface area contributed by atoms with Crippen LogP contribution in [0.2, 0.25) is 0 Å². The third-order valence-electron chi connectivity index (χ3n) is 1.41. The van der Waals surface area contributed by atoms with E-state index in [2.05, 4.69) is 4.85 Å². The Labute approximate surface area is 73.6 Å². The van der Waals surface area contributed by atoms with Crippen molar-refractivity contribution in [2.45, 2.75) is 0 Å². The van der Waals surface area contributed by atoms with Crippen LogP contribution in [-0.4, -0.2) is 12.3 Å². The fourth-order valence-corrected chi connectivity index (χ4v) is 0.878. The van der Waals surface area contributed by atoms with E-state index in [1.807, 2.05) is 0 Å². The molecule has 0 spiro atoms. The monoisotopic (exact) mass is 181 g/mol. The number of Topliss-reactive ketones (excluding diaryl/α,β-unsaturated/α-hetero) is 1.